The second-order valence-electron chi connectivity index (χ2n) is 5.35. The first-order chi connectivity index (χ1) is 12.6. The number of nitrogens with one attached hydrogen (secondary N) is 2. The largest absolute Gasteiger partial charge is 0.497 e. The van der Waals surface area contributed by atoms with Crippen LogP contribution in [0.3, 0.4) is 0 Å². The van der Waals surface area contributed by atoms with Gasteiger partial charge in [0, 0.05) is 5.39 Å². The maximum Gasteiger partial charge on any atom is 0.220 e. The molecule has 0 aliphatic rings. The van der Waals surface area contributed by atoms with E-state index in [0.29, 0.717) is 10.8 Å². The summed E-state index contributed by atoms with van der Waals surface area (Å²) in [5, 5.41) is 22.5. The van der Waals surface area contributed by atoms with Crippen molar-refractivity contribution in [2.24, 2.45) is 10.2 Å². The number of methoxy groups -OCH3 is 1. The molecule has 0 atom stereocenters. The monoisotopic (exact) mass is 383 g/mol. The number of para-hydroxylation sites is 1. The van der Waals surface area contributed by atoms with Gasteiger partial charge in [-0.15, -0.1) is 10.2 Å². The molecule has 26 heavy (non-hydrogen) atoms. The number of thiocarbonyl (C=S) groups is 1. The third-order valence-corrected chi connectivity index (χ3v) is 4.83. The van der Waals surface area contributed by atoms with Crippen molar-refractivity contribution in [1.82, 2.24) is 9.97 Å². The average Bonchev–Trinajstić information content (AvgIpc) is 3.18. The number of aromatic nitrogens is 2. The summed E-state index contributed by atoms with van der Waals surface area (Å²) < 4.78 is 6.18. The second kappa shape index (κ2) is 6.70. The lowest BCUT2D eigenvalue weighted by atomic mass is 10.2. The van der Waals surface area contributed by atoms with E-state index in [1.54, 1.807) is 7.11 Å². The number of benzene rings is 2. The predicted molar refractivity (Wildman–Crippen MR) is 107 cm³/mol. The minimum atomic E-state index is -0.0511. The summed E-state index contributed by atoms with van der Waals surface area (Å²) in [6, 6.07) is 13.1. The number of ether oxygens (including phenoxy) is 1. The zero-order valence-corrected chi connectivity index (χ0v) is 15.2. The van der Waals surface area contributed by atoms with E-state index in [1.807, 2.05) is 42.5 Å². The first-order valence-corrected chi connectivity index (χ1v) is 8.83. The second-order valence-corrected chi connectivity index (χ2v) is 6.77. The van der Waals surface area contributed by atoms with E-state index < -0.39 is 0 Å². The summed E-state index contributed by atoms with van der Waals surface area (Å²) in [4.78, 5) is 7.29. The molecule has 0 fully saturated rings. The first kappa shape index (κ1) is 16.4. The maximum atomic E-state index is 9.99. The smallest absolute Gasteiger partial charge is 0.220 e. The molecule has 0 unspecified atom stereocenters. The van der Waals surface area contributed by atoms with Gasteiger partial charge in [-0.25, -0.2) is 4.98 Å². The van der Waals surface area contributed by atoms with Crippen molar-refractivity contribution < 1.29 is 9.84 Å². The molecule has 9 heteroatoms. The van der Waals surface area contributed by atoms with Crippen molar-refractivity contribution in [2.45, 2.75) is 0 Å². The van der Waals surface area contributed by atoms with Crippen LogP contribution in [0.25, 0.3) is 21.1 Å². The zero-order chi connectivity index (χ0) is 18.1. The molecular formula is C17H13N5O2S2. The highest BCUT2D eigenvalue weighted by molar-refractivity contribution is 7.80. The van der Waals surface area contributed by atoms with E-state index in [-0.39, 0.29) is 11.0 Å². The maximum absolute atomic E-state index is 9.99. The molecule has 0 aliphatic carbocycles. The number of H-pyrrole nitrogens is 1. The Morgan fingerprint density at radius 2 is 2.15 bits per heavy atom. The number of nitrogens with zero attached hydrogens (tertiary/aromatic N) is 3. The summed E-state index contributed by atoms with van der Waals surface area (Å²) in [6.45, 7) is 0. The lowest BCUT2D eigenvalue weighted by Gasteiger charge is -1.96. The lowest BCUT2D eigenvalue weighted by Crippen LogP contribution is -2.04. The van der Waals surface area contributed by atoms with Gasteiger partial charge in [0.2, 0.25) is 11.0 Å². The average molecular weight is 383 g/mol. The van der Waals surface area contributed by atoms with E-state index in [0.717, 1.165) is 26.9 Å². The van der Waals surface area contributed by atoms with E-state index >= 15 is 0 Å². The third kappa shape index (κ3) is 3.09. The SMILES string of the molecule is COc1ccc2nc(NC(=S)N=Nc3c(O)[nH]c4ccccc34)sc2c1. The van der Waals surface area contributed by atoms with Crippen LogP contribution in [0, 0.1) is 0 Å². The Morgan fingerprint density at radius 3 is 3.00 bits per heavy atom. The number of hydrogen-bond donors (Lipinski definition) is 3. The van der Waals surface area contributed by atoms with Gasteiger partial charge in [-0.2, -0.15) is 0 Å². The van der Waals surface area contributed by atoms with Crippen LogP contribution in [0.4, 0.5) is 10.8 Å². The molecule has 4 aromatic rings. The zero-order valence-electron chi connectivity index (χ0n) is 13.6. The highest BCUT2D eigenvalue weighted by Gasteiger charge is 2.10. The molecule has 2 heterocycles. The van der Waals surface area contributed by atoms with Gasteiger partial charge >= 0.3 is 0 Å². The fraction of sp³-hybridized carbons (Fsp3) is 0.0588. The Morgan fingerprint density at radius 1 is 1.31 bits per heavy atom. The molecule has 2 aromatic heterocycles. The van der Waals surface area contributed by atoms with Crippen LogP contribution >= 0.6 is 23.6 Å². The molecule has 0 saturated carbocycles. The molecule has 0 amide bonds. The summed E-state index contributed by atoms with van der Waals surface area (Å²) in [5.41, 5.74) is 1.96. The van der Waals surface area contributed by atoms with Crippen molar-refractivity contribution in [2.75, 3.05) is 12.4 Å². The Balaban J connectivity index is 1.55. The highest BCUT2D eigenvalue weighted by Crippen LogP contribution is 2.35. The molecule has 0 aliphatic heterocycles. The first-order valence-electron chi connectivity index (χ1n) is 7.61. The normalized spacial score (nSPS) is 11.4. The molecule has 7 nitrogen and oxygen atoms in total. The van der Waals surface area contributed by atoms with E-state index in [9.17, 15) is 5.11 Å². The van der Waals surface area contributed by atoms with Crippen LogP contribution in [0.15, 0.2) is 52.7 Å². The molecule has 130 valence electrons. The van der Waals surface area contributed by atoms with Gasteiger partial charge in [0.1, 0.15) is 5.75 Å². The quantitative estimate of drug-likeness (QED) is 0.343. The van der Waals surface area contributed by atoms with Crippen LogP contribution < -0.4 is 10.1 Å². The number of azo groups is 1. The molecule has 4 rings (SSSR count). The van der Waals surface area contributed by atoms with Crippen LogP contribution in [-0.4, -0.2) is 27.3 Å². The van der Waals surface area contributed by atoms with Crippen molar-refractivity contribution in [3.8, 4) is 11.6 Å². The van der Waals surface area contributed by atoms with Gasteiger partial charge in [0.15, 0.2) is 10.8 Å². The van der Waals surface area contributed by atoms with Gasteiger partial charge in [0.05, 0.1) is 22.8 Å². The summed E-state index contributed by atoms with van der Waals surface area (Å²) in [5.74, 6) is 0.717. The number of aromatic amines is 1. The Kier molecular flexibility index (Phi) is 4.23. The number of anilines is 1. The summed E-state index contributed by atoms with van der Waals surface area (Å²) in [6.07, 6.45) is 0. The van der Waals surface area contributed by atoms with Gasteiger partial charge in [0.25, 0.3) is 0 Å². The Hall–Kier alpha value is -3.04. The van der Waals surface area contributed by atoms with Gasteiger partial charge < -0.3 is 20.1 Å². The standard InChI is InChI=1S/C17H13N5O2S2/c1-24-9-6-7-12-13(8-9)26-17(19-12)20-16(25)22-21-14-10-4-2-3-5-11(10)18-15(14)23/h2-8,18,23H,1H3,(H,19,20,25). The van der Waals surface area contributed by atoms with Crippen molar-refractivity contribution in [3.05, 3.63) is 42.5 Å². The Labute approximate surface area is 157 Å². The van der Waals surface area contributed by atoms with E-state index in [1.165, 1.54) is 11.3 Å². The van der Waals surface area contributed by atoms with Gasteiger partial charge in [-0.1, -0.05) is 29.5 Å². The molecule has 0 spiro atoms. The fourth-order valence-electron chi connectivity index (χ4n) is 2.51. The molecule has 3 N–H and O–H groups in total. The predicted octanol–water partition coefficient (Wildman–Crippen LogP) is 4.97. The Bertz CT molecular complexity index is 1150. The minimum absolute atomic E-state index is 0.0511. The number of fused-ring (bicyclic) bond motifs is 2. The van der Waals surface area contributed by atoms with Crippen molar-refractivity contribution in [1.29, 1.82) is 0 Å². The lowest BCUT2D eigenvalue weighted by molar-refractivity contribution is 0.415. The molecule has 2 aromatic carbocycles. The van der Waals surface area contributed by atoms with Crippen molar-refractivity contribution in [3.63, 3.8) is 0 Å². The fourth-order valence-corrected chi connectivity index (χ4v) is 3.61. The molecule has 0 radical (unpaired) electrons. The van der Waals surface area contributed by atoms with Crippen LogP contribution in [0.1, 0.15) is 0 Å². The number of thiazole rings is 1. The number of rotatable bonds is 3. The van der Waals surface area contributed by atoms with Crippen LogP contribution in [0.5, 0.6) is 11.6 Å². The van der Waals surface area contributed by atoms with Crippen molar-refractivity contribution >= 4 is 60.6 Å². The van der Waals surface area contributed by atoms with Crippen LogP contribution in [-0.2, 0) is 0 Å². The van der Waals surface area contributed by atoms with Gasteiger partial charge in [-0.3, -0.25) is 0 Å². The van der Waals surface area contributed by atoms with Crippen LogP contribution in [0.2, 0.25) is 0 Å². The topological polar surface area (TPSA) is 94.9 Å². The third-order valence-electron chi connectivity index (χ3n) is 3.71. The molecule has 0 saturated heterocycles. The minimum Gasteiger partial charge on any atom is -0.497 e. The summed E-state index contributed by atoms with van der Waals surface area (Å²) >= 11 is 6.64. The number of hydrogen-bond acceptors (Lipinski definition) is 6. The highest BCUT2D eigenvalue weighted by atomic mass is 32.1. The van der Waals surface area contributed by atoms with Gasteiger partial charge in [-0.05, 0) is 36.5 Å². The summed E-state index contributed by atoms with van der Waals surface area (Å²) in [7, 11) is 1.62. The van der Waals surface area contributed by atoms with E-state index in [4.69, 9.17) is 17.0 Å². The molecular weight excluding hydrogens is 370 g/mol. The molecule has 0 bridgehead atoms. The van der Waals surface area contributed by atoms with E-state index in [2.05, 4.69) is 25.5 Å². The number of aromatic hydroxyl groups is 1.